The number of nitrogens with zero attached hydrogens (tertiary/aromatic N) is 4. The number of hydrogen-bond donors (Lipinski definition) is 0. The molecule has 3 heterocycles. The molecule has 30 heavy (non-hydrogen) atoms. The molecule has 0 N–H and O–H groups in total. The molecule has 1 amide bonds. The zero-order chi connectivity index (χ0) is 21.3. The number of carbonyl (C=O) groups excluding carboxylic acids is 1. The van der Waals surface area contributed by atoms with Crippen LogP contribution in [0.15, 0.2) is 35.7 Å². The first-order valence-electron chi connectivity index (χ1n) is 9.93. The summed E-state index contributed by atoms with van der Waals surface area (Å²) in [5, 5.41) is 7.17. The van der Waals surface area contributed by atoms with Crippen molar-refractivity contribution < 1.29 is 9.18 Å². The average molecular weight is 447 g/mol. The Morgan fingerprint density at radius 3 is 2.43 bits per heavy atom. The Balaban J connectivity index is 1.33. The molecule has 0 bridgehead atoms. The molecule has 0 spiro atoms. The fourth-order valence-corrected chi connectivity index (χ4v) is 4.69. The third-order valence-corrected chi connectivity index (χ3v) is 6.98. The Morgan fingerprint density at radius 2 is 1.80 bits per heavy atom. The molecule has 1 aromatic carbocycles. The summed E-state index contributed by atoms with van der Waals surface area (Å²) >= 11 is 7.71. The molecule has 0 unspecified atom stereocenters. The summed E-state index contributed by atoms with van der Waals surface area (Å²) in [5.74, 6) is -0.135. The van der Waals surface area contributed by atoms with E-state index in [1.165, 1.54) is 23.5 Å². The number of aryl methyl sites for hydroxylation is 1. The van der Waals surface area contributed by atoms with Crippen molar-refractivity contribution in [2.24, 2.45) is 0 Å². The van der Waals surface area contributed by atoms with E-state index in [1.807, 2.05) is 47.0 Å². The Hall–Kier alpha value is -2.22. The Labute approximate surface area is 184 Å². The van der Waals surface area contributed by atoms with Crippen molar-refractivity contribution in [3.63, 3.8) is 0 Å². The number of halogens is 2. The molecule has 8 heteroatoms. The molecule has 3 aromatic rings. The van der Waals surface area contributed by atoms with E-state index < -0.39 is 0 Å². The zero-order valence-corrected chi connectivity index (χ0v) is 18.6. The van der Waals surface area contributed by atoms with Crippen LogP contribution in [0.1, 0.15) is 32.2 Å². The number of aromatic nitrogens is 2. The fraction of sp³-hybridized carbons (Fsp3) is 0.364. The van der Waals surface area contributed by atoms with Crippen LogP contribution in [0.3, 0.4) is 0 Å². The van der Waals surface area contributed by atoms with Gasteiger partial charge in [-0.2, -0.15) is 5.10 Å². The van der Waals surface area contributed by atoms with Crippen LogP contribution < -0.4 is 0 Å². The molecular weight excluding hydrogens is 423 g/mol. The third-order valence-electron chi connectivity index (χ3n) is 5.47. The van der Waals surface area contributed by atoms with E-state index in [9.17, 15) is 9.18 Å². The predicted molar refractivity (Wildman–Crippen MR) is 118 cm³/mol. The van der Waals surface area contributed by atoms with Crippen molar-refractivity contribution in [2.45, 2.75) is 26.9 Å². The first-order valence-corrected chi connectivity index (χ1v) is 11.2. The van der Waals surface area contributed by atoms with Crippen molar-refractivity contribution >= 4 is 28.8 Å². The molecule has 1 fully saturated rings. The molecule has 2 aromatic heterocycles. The highest BCUT2D eigenvalue weighted by molar-refractivity contribution is 7.12. The van der Waals surface area contributed by atoms with Crippen LogP contribution in [0.5, 0.6) is 0 Å². The van der Waals surface area contributed by atoms with Crippen LogP contribution in [-0.4, -0.2) is 51.7 Å². The normalized spacial score (nSPS) is 15.0. The molecule has 0 atom stereocenters. The Kier molecular flexibility index (Phi) is 6.22. The van der Waals surface area contributed by atoms with Gasteiger partial charge >= 0.3 is 0 Å². The highest BCUT2D eigenvalue weighted by Crippen LogP contribution is 2.23. The number of carbonyl (C=O) groups is 1. The minimum atomic E-state index is -0.217. The van der Waals surface area contributed by atoms with E-state index in [0.29, 0.717) is 24.7 Å². The zero-order valence-electron chi connectivity index (χ0n) is 17.1. The topological polar surface area (TPSA) is 41.4 Å². The van der Waals surface area contributed by atoms with Gasteiger partial charge in [0.15, 0.2) is 0 Å². The van der Waals surface area contributed by atoms with E-state index >= 15 is 0 Å². The Bertz CT molecular complexity index is 1040. The summed E-state index contributed by atoms with van der Waals surface area (Å²) in [6.07, 6.45) is 0. The number of piperazine rings is 1. The SMILES string of the molecule is Cc1nn(Cc2csc(C(=O)N3CCN(Cc4ccc(F)cc4)CC3)c2)c(C)c1Cl. The van der Waals surface area contributed by atoms with Crippen molar-refractivity contribution in [1.29, 1.82) is 0 Å². The molecule has 0 radical (unpaired) electrons. The largest absolute Gasteiger partial charge is 0.335 e. The smallest absolute Gasteiger partial charge is 0.264 e. The van der Waals surface area contributed by atoms with Gasteiger partial charge in [-0.05, 0) is 48.6 Å². The molecule has 0 saturated carbocycles. The van der Waals surface area contributed by atoms with Gasteiger partial charge in [0.05, 0.1) is 27.8 Å². The third kappa shape index (κ3) is 4.58. The predicted octanol–water partition coefficient (Wildman–Crippen LogP) is 4.36. The highest BCUT2D eigenvalue weighted by Gasteiger charge is 2.23. The van der Waals surface area contributed by atoms with Crippen LogP contribution in [0.25, 0.3) is 0 Å². The van der Waals surface area contributed by atoms with E-state index in [-0.39, 0.29) is 11.7 Å². The maximum Gasteiger partial charge on any atom is 0.264 e. The van der Waals surface area contributed by atoms with Crippen LogP contribution in [-0.2, 0) is 13.1 Å². The lowest BCUT2D eigenvalue weighted by molar-refractivity contribution is 0.0633. The van der Waals surface area contributed by atoms with Crippen molar-refractivity contribution in [3.05, 3.63) is 73.9 Å². The van der Waals surface area contributed by atoms with Gasteiger partial charge in [-0.1, -0.05) is 23.7 Å². The van der Waals surface area contributed by atoms with Crippen molar-refractivity contribution in [1.82, 2.24) is 19.6 Å². The van der Waals surface area contributed by atoms with Gasteiger partial charge in [-0.3, -0.25) is 14.4 Å². The quantitative estimate of drug-likeness (QED) is 0.584. The summed E-state index contributed by atoms with van der Waals surface area (Å²) in [5.41, 5.74) is 3.90. The molecular formula is C22H24ClFN4OS. The van der Waals surface area contributed by atoms with Crippen molar-refractivity contribution in [3.8, 4) is 0 Å². The maximum atomic E-state index is 13.1. The van der Waals surface area contributed by atoms with Gasteiger partial charge in [0.2, 0.25) is 0 Å². The van der Waals surface area contributed by atoms with E-state index in [0.717, 1.165) is 47.0 Å². The average Bonchev–Trinajstić information content (AvgIpc) is 3.31. The standard InChI is InChI=1S/C22H24ClFN4OS/c1-15-21(23)16(2)28(25-15)13-18-11-20(30-14-18)22(29)27-9-7-26(8-10-27)12-17-3-5-19(24)6-4-17/h3-6,11,14H,7-10,12-13H2,1-2H3. The molecule has 1 aliphatic rings. The summed E-state index contributed by atoms with van der Waals surface area (Å²) < 4.78 is 14.9. The van der Waals surface area contributed by atoms with Crippen molar-refractivity contribution in [2.75, 3.05) is 26.2 Å². The van der Waals surface area contributed by atoms with Gasteiger partial charge in [0.25, 0.3) is 5.91 Å². The van der Waals surface area contributed by atoms with Crippen LogP contribution in [0.4, 0.5) is 4.39 Å². The second-order valence-corrected chi connectivity index (χ2v) is 8.95. The second kappa shape index (κ2) is 8.88. The molecule has 0 aliphatic carbocycles. The van der Waals surface area contributed by atoms with Gasteiger partial charge in [0.1, 0.15) is 5.82 Å². The minimum Gasteiger partial charge on any atom is -0.335 e. The molecule has 5 nitrogen and oxygen atoms in total. The lowest BCUT2D eigenvalue weighted by Crippen LogP contribution is -2.48. The molecule has 4 rings (SSSR count). The first kappa shape index (κ1) is 21.0. The number of benzene rings is 1. The molecule has 1 saturated heterocycles. The van der Waals surface area contributed by atoms with Gasteiger partial charge < -0.3 is 4.90 Å². The molecule has 1 aliphatic heterocycles. The number of amides is 1. The lowest BCUT2D eigenvalue weighted by atomic mass is 10.2. The number of rotatable bonds is 5. The first-order chi connectivity index (χ1) is 14.4. The van der Waals surface area contributed by atoms with Crippen LogP contribution in [0, 0.1) is 19.7 Å². The van der Waals surface area contributed by atoms with E-state index in [2.05, 4.69) is 10.00 Å². The summed E-state index contributed by atoms with van der Waals surface area (Å²) in [7, 11) is 0. The molecule has 158 valence electrons. The summed E-state index contributed by atoms with van der Waals surface area (Å²) in [4.78, 5) is 17.9. The van der Waals surface area contributed by atoms with Gasteiger partial charge in [0, 0.05) is 32.7 Å². The van der Waals surface area contributed by atoms with E-state index in [1.54, 1.807) is 0 Å². The van der Waals surface area contributed by atoms with Gasteiger partial charge in [-0.25, -0.2) is 4.39 Å². The number of hydrogen-bond acceptors (Lipinski definition) is 4. The van der Waals surface area contributed by atoms with Crippen LogP contribution in [0.2, 0.25) is 5.02 Å². The van der Waals surface area contributed by atoms with Gasteiger partial charge in [-0.15, -0.1) is 11.3 Å². The Morgan fingerprint density at radius 1 is 1.10 bits per heavy atom. The summed E-state index contributed by atoms with van der Waals surface area (Å²) in [6, 6.07) is 8.57. The fourth-order valence-electron chi connectivity index (χ4n) is 3.69. The lowest BCUT2D eigenvalue weighted by Gasteiger charge is -2.34. The minimum absolute atomic E-state index is 0.0825. The maximum absolute atomic E-state index is 13.1. The highest BCUT2D eigenvalue weighted by atomic mass is 35.5. The monoisotopic (exact) mass is 446 g/mol. The van der Waals surface area contributed by atoms with Crippen LogP contribution >= 0.6 is 22.9 Å². The summed E-state index contributed by atoms with van der Waals surface area (Å²) in [6.45, 7) is 8.24. The number of thiophene rings is 1. The van der Waals surface area contributed by atoms with E-state index in [4.69, 9.17) is 11.6 Å². The second-order valence-electron chi connectivity index (χ2n) is 7.66.